The molecule has 1 aromatic rings. The average Bonchev–Trinajstić information content (AvgIpc) is 2.15. The molecular formula is C11H13ClO. The minimum Gasteiger partial charge on any atom is -0.392 e. The lowest BCUT2D eigenvalue weighted by atomic mass is 10.1. The minimum absolute atomic E-state index is 0.126. The highest BCUT2D eigenvalue weighted by atomic mass is 35.5. The number of rotatable bonds is 4. The Kier molecular flexibility index (Phi) is 4.58. The molecular weight excluding hydrogens is 184 g/mol. The molecule has 0 unspecified atom stereocenters. The molecule has 1 N–H and O–H groups in total. The quantitative estimate of drug-likeness (QED) is 0.735. The minimum atomic E-state index is 0.126. The molecule has 0 aromatic heterocycles. The number of aryl methyl sites for hydroxylation is 1. The largest absolute Gasteiger partial charge is 0.392 e. The second kappa shape index (κ2) is 5.79. The summed E-state index contributed by atoms with van der Waals surface area (Å²) in [5.74, 6) is 0. The third kappa shape index (κ3) is 4.11. The molecule has 13 heavy (non-hydrogen) atoms. The van der Waals surface area contributed by atoms with E-state index in [1.165, 1.54) is 5.56 Å². The normalized spacial score (nSPS) is 10.9. The molecule has 1 aromatic carbocycles. The van der Waals surface area contributed by atoms with Gasteiger partial charge in [0.05, 0.1) is 6.61 Å². The lowest BCUT2D eigenvalue weighted by Crippen LogP contribution is -1.82. The Labute approximate surface area is 83.7 Å². The first kappa shape index (κ1) is 10.3. The van der Waals surface area contributed by atoms with Crippen molar-refractivity contribution >= 4 is 11.6 Å². The van der Waals surface area contributed by atoms with Crippen LogP contribution in [0.2, 0.25) is 5.02 Å². The molecule has 0 radical (unpaired) electrons. The monoisotopic (exact) mass is 196 g/mol. The van der Waals surface area contributed by atoms with E-state index in [2.05, 4.69) is 0 Å². The summed E-state index contributed by atoms with van der Waals surface area (Å²) < 4.78 is 0. The molecule has 1 rings (SSSR count). The summed E-state index contributed by atoms with van der Waals surface area (Å²) in [4.78, 5) is 0. The molecule has 70 valence electrons. The van der Waals surface area contributed by atoms with E-state index in [1.807, 2.05) is 30.3 Å². The summed E-state index contributed by atoms with van der Waals surface area (Å²) >= 11 is 5.75. The molecule has 0 spiro atoms. The maximum atomic E-state index is 8.50. The zero-order chi connectivity index (χ0) is 9.52. The van der Waals surface area contributed by atoms with Crippen molar-refractivity contribution in [2.24, 2.45) is 0 Å². The number of benzene rings is 1. The van der Waals surface area contributed by atoms with Crippen LogP contribution in [0.5, 0.6) is 0 Å². The Morgan fingerprint density at radius 2 is 1.85 bits per heavy atom. The van der Waals surface area contributed by atoms with Crippen LogP contribution in [0.4, 0.5) is 0 Å². The van der Waals surface area contributed by atoms with Crippen LogP contribution < -0.4 is 0 Å². The maximum absolute atomic E-state index is 8.50. The van der Waals surface area contributed by atoms with E-state index in [4.69, 9.17) is 16.7 Å². The van der Waals surface area contributed by atoms with Crippen molar-refractivity contribution < 1.29 is 5.11 Å². The van der Waals surface area contributed by atoms with Crippen molar-refractivity contribution in [1.29, 1.82) is 0 Å². The number of hydrogen-bond acceptors (Lipinski definition) is 1. The Hall–Kier alpha value is -0.790. The van der Waals surface area contributed by atoms with Gasteiger partial charge in [-0.2, -0.15) is 0 Å². The summed E-state index contributed by atoms with van der Waals surface area (Å²) in [6, 6.07) is 7.84. The Morgan fingerprint density at radius 1 is 1.15 bits per heavy atom. The van der Waals surface area contributed by atoms with Crippen molar-refractivity contribution in [3.8, 4) is 0 Å². The molecule has 2 heteroatoms. The van der Waals surface area contributed by atoms with E-state index in [0.29, 0.717) is 0 Å². The smallest absolute Gasteiger partial charge is 0.0612 e. The van der Waals surface area contributed by atoms with E-state index in [1.54, 1.807) is 6.08 Å². The zero-order valence-corrected chi connectivity index (χ0v) is 8.17. The highest BCUT2D eigenvalue weighted by Crippen LogP contribution is 2.10. The maximum Gasteiger partial charge on any atom is 0.0612 e. The fraction of sp³-hybridized carbons (Fsp3) is 0.273. The van der Waals surface area contributed by atoms with Crippen LogP contribution in [-0.2, 0) is 6.42 Å². The van der Waals surface area contributed by atoms with E-state index in [9.17, 15) is 0 Å². The van der Waals surface area contributed by atoms with Crippen molar-refractivity contribution in [3.63, 3.8) is 0 Å². The fourth-order valence-corrected chi connectivity index (χ4v) is 1.22. The summed E-state index contributed by atoms with van der Waals surface area (Å²) in [6.45, 7) is 0.126. The first-order valence-electron chi connectivity index (χ1n) is 4.33. The number of hydrogen-bond donors (Lipinski definition) is 1. The molecule has 0 aliphatic carbocycles. The zero-order valence-electron chi connectivity index (χ0n) is 7.41. The van der Waals surface area contributed by atoms with Gasteiger partial charge in [-0.15, -0.1) is 0 Å². The standard InChI is InChI=1S/C11H13ClO/c12-11-7-5-10(6-8-11)4-2-1-3-9-13/h1,3,5-8,13H,2,4,9H2/b3-1+. The van der Waals surface area contributed by atoms with Crippen LogP contribution in [0.3, 0.4) is 0 Å². The van der Waals surface area contributed by atoms with Gasteiger partial charge in [-0.05, 0) is 30.5 Å². The number of aliphatic hydroxyl groups is 1. The van der Waals surface area contributed by atoms with Gasteiger partial charge in [0.2, 0.25) is 0 Å². The lowest BCUT2D eigenvalue weighted by molar-refractivity contribution is 0.342. The molecule has 1 nitrogen and oxygen atoms in total. The van der Waals surface area contributed by atoms with E-state index >= 15 is 0 Å². The predicted molar refractivity (Wildman–Crippen MR) is 56.0 cm³/mol. The molecule has 0 saturated carbocycles. The van der Waals surface area contributed by atoms with Crippen LogP contribution in [0.1, 0.15) is 12.0 Å². The first-order valence-corrected chi connectivity index (χ1v) is 4.71. The van der Waals surface area contributed by atoms with Gasteiger partial charge in [-0.25, -0.2) is 0 Å². The van der Waals surface area contributed by atoms with E-state index < -0.39 is 0 Å². The first-order chi connectivity index (χ1) is 6.33. The van der Waals surface area contributed by atoms with Crippen molar-refractivity contribution in [3.05, 3.63) is 47.0 Å². The summed E-state index contributed by atoms with van der Waals surface area (Å²) in [5, 5.41) is 9.27. The van der Waals surface area contributed by atoms with Gasteiger partial charge < -0.3 is 5.11 Å². The summed E-state index contributed by atoms with van der Waals surface area (Å²) in [5.41, 5.74) is 1.27. The number of aliphatic hydroxyl groups excluding tert-OH is 1. The third-order valence-electron chi connectivity index (χ3n) is 1.79. The average molecular weight is 197 g/mol. The lowest BCUT2D eigenvalue weighted by Gasteiger charge is -1.97. The van der Waals surface area contributed by atoms with Crippen LogP contribution in [0.15, 0.2) is 36.4 Å². The molecule has 0 aliphatic heterocycles. The molecule has 0 aliphatic rings. The fourth-order valence-electron chi connectivity index (χ4n) is 1.09. The second-order valence-corrected chi connectivity index (χ2v) is 3.26. The van der Waals surface area contributed by atoms with Gasteiger partial charge in [0.25, 0.3) is 0 Å². The molecule has 0 heterocycles. The molecule has 0 bridgehead atoms. The van der Waals surface area contributed by atoms with Crippen LogP contribution in [0.25, 0.3) is 0 Å². The van der Waals surface area contributed by atoms with Gasteiger partial charge in [-0.1, -0.05) is 35.9 Å². The Morgan fingerprint density at radius 3 is 2.46 bits per heavy atom. The number of halogens is 1. The van der Waals surface area contributed by atoms with Gasteiger partial charge in [0.1, 0.15) is 0 Å². The van der Waals surface area contributed by atoms with Gasteiger partial charge >= 0.3 is 0 Å². The van der Waals surface area contributed by atoms with Crippen molar-refractivity contribution in [1.82, 2.24) is 0 Å². The molecule has 0 atom stereocenters. The van der Waals surface area contributed by atoms with Gasteiger partial charge in [-0.3, -0.25) is 0 Å². The summed E-state index contributed by atoms with van der Waals surface area (Å²) in [6.07, 6.45) is 5.69. The van der Waals surface area contributed by atoms with E-state index in [0.717, 1.165) is 17.9 Å². The third-order valence-corrected chi connectivity index (χ3v) is 2.04. The van der Waals surface area contributed by atoms with Crippen molar-refractivity contribution in [2.45, 2.75) is 12.8 Å². The molecule has 0 fully saturated rings. The van der Waals surface area contributed by atoms with Gasteiger partial charge in [0, 0.05) is 5.02 Å². The van der Waals surface area contributed by atoms with Crippen LogP contribution >= 0.6 is 11.6 Å². The van der Waals surface area contributed by atoms with Gasteiger partial charge in [0.15, 0.2) is 0 Å². The number of allylic oxidation sites excluding steroid dienone is 1. The van der Waals surface area contributed by atoms with Crippen LogP contribution in [-0.4, -0.2) is 11.7 Å². The topological polar surface area (TPSA) is 20.2 Å². The molecule has 0 saturated heterocycles. The van der Waals surface area contributed by atoms with Crippen molar-refractivity contribution in [2.75, 3.05) is 6.61 Å². The van der Waals surface area contributed by atoms with Crippen LogP contribution in [0, 0.1) is 0 Å². The highest BCUT2D eigenvalue weighted by molar-refractivity contribution is 6.30. The Balaban J connectivity index is 2.37. The predicted octanol–water partition coefficient (Wildman–Crippen LogP) is 2.82. The second-order valence-electron chi connectivity index (χ2n) is 2.82. The molecule has 0 amide bonds. The van der Waals surface area contributed by atoms with E-state index in [-0.39, 0.29) is 6.61 Å². The SMILES string of the molecule is OC/C=C/CCc1ccc(Cl)cc1. The Bertz CT molecular complexity index is 264. The summed E-state index contributed by atoms with van der Waals surface area (Å²) in [7, 11) is 0. The highest BCUT2D eigenvalue weighted by Gasteiger charge is 1.90.